The second kappa shape index (κ2) is 7.22. The minimum Gasteiger partial charge on any atom is -0.300 e. The minimum absolute atomic E-state index is 0.255. The Labute approximate surface area is 93.5 Å². The average molecular weight is 206 g/mol. The maximum Gasteiger partial charge on any atom is 0.129 e. The van der Waals surface area contributed by atoms with E-state index in [9.17, 15) is 4.79 Å². The molecule has 1 heteroatoms. The van der Waals surface area contributed by atoms with Crippen molar-refractivity contribution in [2.45, 2.75) is 47.0 Å². The van der Waals surface area contributed by atoms with Crippen LogP contribution in [0.15, 0.2) is 24.3 Å². The van der Waals surface area contributed by atoms with Gasteiger partial charge in [-0.15, -0.1) is 0 Å². The van der Waals surface area contributed by atoms with Crippen LogP contribution in [-0.4, -0.2) is 5.78 Å². The lowest BCUT2D eigenvalue weighted by atomic mass is 10.0. The van der Waals surface area contributed by atoms with E-state index in [0.29, 0.717) is 12.3 Å². The molecule has 0 amide bonds. The number of Topliss-reactive ketones (excluding diaryl/α,β-unsaturated/α-hetero) is 1. The van der Waals surface area contributed by atoms with Gasteiger partial charge in [0.15, 0.2) is 0 Å². The predicted molar refractivity (Wildman–Crippen MR) is 66.2 cm³/mol. The number of hydrogen-bond acceptors (Lipinski definition) is 1. The number of hydrogen-bond donors (Lipinski definition) is 0. The Morgan fingerprint density at radius 1 is 1.20 bits per heavy atom. The highest BCUT2D eigenvalue weighted by atomic mass is 16.1. The van der Waals surface area contributed by atoms with Crippen LogP contribution in [0.1, 0.15) is 51.2 Å². The Bertz CT molecular complexity index is 283. The molecule has 0 saturated heterocycles. The van der Waals surface area contributed by atoms with E-state index < -0.39 is 0 Å². The molecule has 1 aromatic rings. The van der Waals surface area contributed by atoms with Gasteiger partial charge in [-0.2, -0.15) is 0 Å². The molecule has 0 spiro atoms. The SMILES string of the molecule is CCC(C)=O.Cc1ccc(C(C)C)cc1. The van der Waals surface area contributed by atoms with Crippen molar-refractivity contribution in [3.8, 4) is 0 Å². The lowest BCUT2D eigenvalue weighted by molar-refractivity contribution is -0.116. The van der Waals surface area contributed by atoms with E-state index in [1.807, 2.05) is 6.92 Å². The molecule has 0 aromatic heterocycles. The third-order valence-electron chi connectivity index (χ3n) is 2.24. The van der Waals surface area contributed by atoms with Gasteiger partial charge < -0.3 is 4.79 Å². The van der Waals surface area contributed by atoms with Gasteiger partial charge >= 0.3 is 0 Å². The molecule has 0 aliphatic carbocycles. The van der Waals surface area contributed by atoms with E-state index in [1.165, 1.54) is 11.1 Å². The summed E-state index contributed by atoms with van der Waals surface area (Å²) in [5.74, 6) is 0.908. The van der Waals surface area contributed by atoms with Crippen molar-refractivity contribution in [2.24, 2.45) is 0 Å². The Morgan fingerprint density at radius 2 is 1.60 bits per heavy atom. The van der Waals surface area contributed by atoms with Crippen molar-refractivity contribution in [1.29, 1.82) is 0 Å². The first-order valence-corrected chi connectivity index (χ1v) is 5.53. The number of carbonyl (C=O) groups excluding carboxylic acids is 1. The summed E-state index contributed by atoms with van der Waals surface area (Å²) < 4.78 is 0. The molecule has 0 atom stereocenters. The van der Waals surface area contributed by atoms with Crippen molar-refractivity contribution in [3.05, 3.63) is 35.4 Å². The molecule has 0 saturated carbocycles. The molecule has 0 bridgehead atoms. The fraction of sp³-hybridized carbons (Fsp3) is 0.500. The zero-order valence-electron chi connectivity index (χ0n) is 10.5. The maximum absolute atomic E-state index is 9.81. The highest BCUT2D eigenvalue weighted by Gasteiger charge is 1.95. The van der Waals surface area contributed by atoms with Crippen LogP contribution >= 0.6 is 0 Å². The summed E-state index contributed by atoms with van der Waals surface area (Å²) in [6.07, 6.45) is 0.667. The fourth-order valence-electron chi connectivity index (χ4n) is 0.951. The van der Waals surface area contributed by atoms with Gasteiger partial charge in [-0.3, -0.25) is 0 Å². The molecule has 0 aliphatic rings. The van der Waals surface area contributed by atoms with Gasteiger partial charge in [-0.05, 0) is 25.3 Å². The van der Waals surface area contributed by atoms with Crippen molar-refractivity contribution < 1.29 is 4.79 Å². The number of ketones is 1. The van der Waals surface area contributed by atoms with E-state index in [1.54, 1.807) is 6.92 Å². The van der Waals surface area contributed by atoms with Crippen molar-refractivity contribution in [2.75, 3.05) is 0 Å². The Balaban J connectivity index is 0.000000336. The second-order valence-corrected chi connectivity index (χ2v) is 4.12. The molecule has 0 N–H and O–H groups in total. The van der Waals surface area contributed by atoms with Gasteiger partial charge in [0, 0.05) is 6.42 Å². The van der Waals surface area contributed by atoms with Gasteiger partial charge in [-0.25, -0.2) is 0 Å². The molecule has 0 radical (unpaired) electrons. The quantitative estimate of drug-likeness (QED) is 0.712. The van der Waals surface area contributed by atoms with E-state index in [4.69, 9.17) is 0 Å². The van der Waals surface area contributed by atoms with Gasteiger partial charge in [0.2, 0.25) is 0 Å². The molecule has 0 unspecified atom stereocenters. The van der Waals surface area contributed by atoms with Gasteiger partial charge in [0.05, 0.1) is 0 Å². The lowest BCUT2D eigenvalue weighted by Gasteiger charge is -2.03. The van der Waals surface area contributed by atoms with Crippen LogP contribution in [0.25, 0.3) is 0 Å². The van der Waals surface area contributed by atoms with Crippen molar-refractivity contribution in [1.82, 2.24) is 0 Å². The minimum atomic E-state index is 0.255. The molecule has 1 rings (SSSR count). The highest BCUT2D eigenvalue weighted by molar-refractivity contribution is 5.74. The molecule has 15 heavy (non-hydrogen) atoms. The fourth-order valence-corrected chi connectivity index (χ4v) is 0.951. The Kier molecular flexibility index (Phi) is 6.68. The Morgan fingerprint density at radius 3 is 1.87 bits per heavy atom. The number of rotatable bonds is 2. The molecule has 1 aromatic carbocycles. The van der Waals surface area contributed by atoms with Crippen molar-refractivity contribution in [3.63, 3.8) is 0 Å². The van der Waals surface area contributed by atoms with Gasteiger partial charge in [0.25, 0.3) is 0 Å². The second-order valence-electron chi connectivity index (χ2n) is 4.12. The van der Waals surface area contributed by atoms with Gasteiger partial charge in [0.1, 0.15) is 5.78 Å². The molecular weight excluding hydrogens is 184 g/mol. The van der Waals surface area contributed by atoms with Crippen LogP contribution in [0.4, 0.5) is 0 Å². The Hall–Kier alpha value is -1.11. The van der Waals surface area contributed by atoms with E-state index in [2.05, 4.69) is 45.0 Å². The standard InChI is InChI=1S/C10H14.C4H8O/c1-8(2)10-6-4-9(3)5-7-10;1-3-4(2)5/h4-8H,1-3H3;3H2,1-2H3. The number of aryl methyl sites for hydroxylation is 1. The van der Waals surface area contributed by atoms with Crippen molar-refractivity contribution >= 4 is 5.78 Å². The highest BCUT2D eigenvalue weighted by Crippen LogP contribution is 2.13. The predicted octanol–water partition coefficient (Wildman–Crippen LogP) is 4.10. The summed E-state index contributed by atoms with van der Waals surface area (Å²) in [6.45, 7) is 9.97. The zero-order chi connectivity index (χ0) is 11.8. The van der Waals surface area contributed by atoms with E-state index >= 15 is 0 Å². The first kappa shape index (κ1) is 13.9. The average Bonchev–Trinajstić information content (AvgIpc) is 2.19. The van der Waals surface area contributed by atoms with E-state index in [0.717, 1.165) is 0 Å². The number of carbonyl (C=O) groups is 1. The molecule has 0 fully saturated rings. The summed E-state index contributed by atoms with van der Waals surface area (Å²) in [7, 11) is 0. The van der Waals surface area contributed by atoms with Crippen LogP contribution in [0, 0.1) is 6.92 Å². The first-order valence-electron chi connectivity index (χ1n) is 5.53. The largest absolute Gasteiger partial charge is 0.300 e. The van der Waals surface area contributed by atoms with Crippen LogP contribution in [0.2, 0.25) is 0 Å². The monoisotopic (exact) mass is 206 g/mol. The normalized spacial score (nSPS) is 9.47. The summed E-state index contributed by atoms with van der Waals surface area (Å²) in [5, 5.41) is 0. The molecule has 0 aliphatic heterocycles. The van der Waals surface area contributed by atoms with Crippen LogP contribution in [0.5, 0.6) is 0 Å². The lowest BCUT2D eigenvalue weighted by Crippen LogP contribution is -1.85. The summed E-state index contributed by atoms with van der Waals surface area (Å²) in [5.41, 5.74) is 2.76. The third kappa shape index (κ3) is 6.89. The summed E-state index contributed by atoms with van der Waals surface area (Å²) in [6, 6.07) is 8.71. The van der Waals surface area contributed by atoms with E-state index in [-0.39, 0.29) is 5.78 Å². The topological polar surface area (TPSA) is 17.1 Å². The van der Waals surface area contributed by atoms with Gasteiger partial charge in [-0.1, -0.05) is 50.6 Å². The number of benzene rings is 1. The maximum atomic E-state index is 9.81. The smallest absolute Gasteiger partial charge is 0.129 e. The van der Waals surface area contributed by atoms with Crippen LogP contribution < -0.4 is 0 Å². The summed E-state index contributed by atoms with van der Waals surface area (Å²) in [4.78, 5) is 9.81. The zero-order valence-corrected chi connectivity index (χ0v) is 10.5. The van der Waals surface area contributed by atoms with Crippen LogP contribution in [0.3, 0.4) is 0 Å². The molecule has 1 nitrogen and oxygen atoms in total. The first-order chi connectivity index (χ1) is 6.97. The molecule has 84 valence electrons. The molecule has 0 heterocycles. The summed E-state index contributed by atoms with van der Waals surface area (Å²) >= 11 is 0. The molecular formula is C14H22O. The third-order valence-corrected chi connectivity index (χ3v) is 2.24. The van der Waals surface area contributed by atoms with Crippen LogP contribution in [-0.2, 0) is 4.79 Å².